The van der Waals surface area contributed by atoms with Gasteiger partial charge in [-0.3, -0.25) is 15.5 Å². The highest BCUT2D eigenvalue weighted by atomic mass is 32.2. The fourth-order valence-corrected chi connectivity index (χ4v) is 4.22. The van der Waals surface area contributed by atoms with Gasteiger partial charge in [-0.1, -0.05) is 26.0 Å². The zero-order valence-electron chi connectivity index (χ0n) is 15.9. The summed E-state index contributed by atoms with van der Waals surface area (Å²) in [6.45, 7) is 5.63. The first-order chi connectivity index (χ1) is 13.2. The number of benzene rings is 2. The van der Waals surface area contributed by atoms with Crippen LogP contribution < -0.4 is 11.2 Å². The van der Waals surface area contributed by atoms with Crippen LogP contribution in [0.3, 0.4) is 0 Å². The molecule has 0 bridgehead atoms. The SMILES string of the molecule is CCN(CC)S(=O)(=O)c1cc([N+](=O)[O-])ccc1N/N=C(/C)c1cccc(N)c1. The van der Waals surface area contributed by atoms with Gasteiger partial charge in [0.15, 0.2) is 0 Å². The van der Waals surface area contributed by atoms with Crippen LogP contribution in [0, 0.1) is 10.1 Å². The average molecular weight is 405 g/mol. The highest BCUT2D eigenvalue weighted by molar-refractivity contribution is 7.89. The van der Waals surface area contributed by atoms with E-state index < -0.39 is 14.9 Å². The molecule has 0 saturated heterocycles. The third-order valence-electron chi connectivity index (χ3n) is 4.15. The van der Waals surface area contributed by atoms with Gasteiger partial charge < -0.3 is 5.73 Å². The Morgan fingerprint density at radius 2 is 1.89 bits per heavy atom. The molecule has 2 aromatic carbocycles. The standard InChI is InChI=1S/C18H23N5O4S/c1-4-22(5-2)28(26,27)18-12-16(23(24)25)9-10-17(18)21-20-13(3)14-7-6-8-15(19)11-14/h6-12,21H,4-5,19H2,1-3H3/b20-13-. The number of nitro benzene ring substituents is 1. The van der Waals surface area contributed by atoms with Crippen molar-refractivity contribution in [3.8, 4) is 0 Å². The molecule has 10 heteroatoms. The minimum Gasteiger partial charge on any atom is -0.399 e. The Hall–Kier alpha value is -2.98. The molecule has 0 unspecified atom stereocenters. The predicted molar refractivity (Wildman–Crippen MR) is 110 cm³/mol. The molecule has 0 aliphatic carbocycles. The van der Waals surface area contributed by atoms with Crippen LogP contribution in [-0.4, -0.2) is 36.4 Å². The van der Waals surface area contributed by atoms with Crippen LogP contribution in [0.1, 0.15) is 26.3 Å². The maximum atomic E-state index is 12.9. The molecule has 0 heterocycles. The number of rotatable bonds is 8. The van der Waals surface area contributed by atoms with Crippen molar-refractivity contribution in [2.75, 3.05) is 24.2 Å². The topological polar surface area (TPSA) is 131 Å². The molecule has 0 spiro atoms. The summed E-state index contributed by atoms with van der Waals surface area (Å²) in [5.74, 6) is 0. The second-order valence-electron chi connectivity index (χ2n) is 5.96. The third-order valence-corrected chi connectivity index (χ3v) is 6.24. The highest BCUT2D eigenvalue weighted by Crippen LogP contribution is 2.29. The number of hydrogen-bond acceptors (Lipinski definition) is 7. The molecule has 0 atom stereocenters. The number of non-ortho nitro benzene ring substituents is 1. The maximum absolute atomic E-state index is 12.9. The first-order valence-electron chi connectivity index (χ1n) is 8.65. The predicted octanol–water partition coefficient (Wildman–Crippen LogP) is 3.04. The molecule has 0 radical (unpaired) electrons. The van der Waals surface area contributed by atoms with Crippen molar-refractivity contribution >= 4 is 32.8 Å². The van der Waals surface area contributed by atoms with Crippen LogP contribution in [0.15, 0.2) is 52.5 Å². The van der Waals surface area contributed by atoms with Crippen LogP contribution >= 0.6 is 0 Å². The lowest BCUT2D eigenvalue weighted by Gasteiger charge is -2.20. The number of anilines is 2. The Balaban J connectivity index is 2.49. The van der Waals surface area contributed by atoms with Gasteiger partial charge in [0.05, 0.1) is 16.3 Å². The van der Waals surface area contributed by atoms with E-state index in [0.717, 1.165) is 11.6 Å². The lowest BCUT2D eigenvalue weighted by molar-refractivity contribution is -0.385. The number of nitrogens with zero attached hydrogens (tertiary/aromatic N) is 3. The van der Waals surface area contributed by atoms with E-state index in [0.29, 0.717) is 11.4 Å². The summed E-state index contributed by atoms with van der Waals surface area (Å²) < 4.78 is 27.1. The van der Waals surface area contributed by atoms with Crippen LogP contribution in [0.5, 0.6) is 0 Å². The molecule has 3 N–H and O–H groups in total. The van der Waals surface area contributed by atoms with Crippen molar-refractivity contribution in [2.24, 2.45) is 5.10 Å². The van der Waals surface area contributed by atoms with Crippen molar-refractivity contribution in [3.63, 3.8) is 0 Å². The zero-order chi connectivity index (χ0) is 20.9. The summed E-state index contributed by atoms with van der Waals surface area (Å²) in [4.78, 5) is 10.3. The van der Waals surface area contributed by atoms with E-state index in [9.17, 15) is 18.5 Å². The lowest BCUT2D eigenvalue weighted by atomic mass is 10.1. The number of nitrogens with two attached hydrogens (primary N) is 1. The molecule has 28 heavy (non-hydrogen) atoms. The molecule has 0 aromatic heterocycles. The van der Waals surface area contributed by atoms with Crippen molar-refractivity contribution < 1.29 is 13.3 Å². The number of hydrazone groups is 1. The van der Waals surface area contributed by atoms with Gasteiger partial charge in [0.2, 0.25) is 10.0 Å². The molecule has 150 valence electrons. The van der Waals surface area contributed by atoms with E-state index in [1.54, 1.807) is 39.0 Å². The molecule has 2 rings (SSSR count). The summed E-state index contributed by atoms with van der Waals surface area (Å²) in [6.07, 6.45) is 0. The van der Waals surface area contributed by atoms with Crippen molar-refractivity contribution in [1.82, 2.24) is 4.31 Å². The third kappa shape index (κ3) is 4.65. The number of hydrogen-bond donors (Lipinski definition) is 2. The lowest BCUT2D eigenvalue weighted by Crippen LogP contribution is -2.31. The van der Waals surface area contributed by atoms with Gasteiger partial charge in [0, 0.05) is 30.9 Å². The summed E-state index contributed by atoms with van der Waals surface area (Å²) in [5, 5.41) is 15.3. The Morgan fingerprint density at radius 1 is 1.21 bits per heavy atom. The van der Waals surface area contributed by atoms with E-state index in [2.05, 4.69) is 10.5 Å². The fraction of sp³-hybridized carbons (Fsp3) is 0.278. The van der Waals surface area contributed by atoms with E-state index in [1.807, 2.05) is 6.07 Å². The van der Waals surface area contributed by atoms with Gasteiger partial charge in [0.1, 0.15) is 4.90 Å². The molecular formula is C18H23N5O4S. The van der Waals surface area contributed by atoms with Crippen LogP contribution in [0.25, 0.3) is 0 Å². The zero-order valence-corrected chi connectivity index (χ0v) is 16.7. The second kappa shape index (κ2) is 8.81. The number of sulfonamides is 1. The summed E-state index contributed by atoms with van der Waals surface area (Å²) >= 11 is 0. The molecule has 0 aliphatic heterocycles. The van der Waals surface area contributed by atoms with Gasteiger partial charge in [-0.2, -0.15) is 9.41 Å². The molecule has 0 saturated carbocycles. The summed E-state index contributed by atoms with van der Waals surface area (Å²) in [5.41, 5.74) is 10.3. The number of nitrogens with one attached hydrogen (secondary N) is 1. The molecular weight excluding hydrogens is 382 g/mol. The van der Waals surface area contributed by atoms with Gasteiger partial charge in [0.25, 0.3) is 5.69 Å². The minimum atomic E-state index is -3.93. The molecule has 9 nitrogen and oxygen atoms in total. The average Bonchev–Trinajstić information content (AvgIpc) is 2.66. The molecule has 0 amide bonds. The first kappa shape index (κ1) is 21.3. The fourth-order valence-electron chi connectivity index (χ4n) is 2.61. The van der Waals surface area contributed by atoms with Crippen LogP contribution in [-0.2, 0) is 10.0 Å². The Labute approximate surface area is 164 Å². The molecule has 0 fully saturated rings. The van der Waals surface area contributed by atoms with Crippen molar-refractivity contribution in [2.45, 2.75) is 25.7 Å². The Bertz CT molecular complexity index is 1000. The van der Waals surface area contributed by atoms with Crippen LogP contribution in [0.4, 0.5) is 17.1 Å². The normalized spacial score (nSPS) is 12.2. The number of nitro groups is 1. The smallest absolute Gasteiger partial charge is 0.270 e. The van der Waals surface area contributed by atoms with E-state index in [1.165, 1.54) is 16.4 Å². The van der Waals surface area contributed by atoms with Crippen molar-refractivity contribution in [3.05, 3.63) is 58.1 Å². The van der Waals surface area contributed by atoms with E-state index in [-0.39, 0.29) is 29.4 Å². The monoisotopic (exact) mass is 405 g/mol. The second-order valence-corrected chi connectivity index (χ2v) is 7.87. The Morgan fingerprint density at radius 3 is 2.46 bits per heavy atom. The molecule has 0 aliphatic rings. The van der Waals surface area contributed by atoms with Gasteiger partial charge in [-0.05, 0) is 30.7 Å². The maximum Gasteiger partial charge on any atom is 0.270 e. The largest absolute Gasteiger partial charge is 0.399 e. The van der Waals surface area contributed by atoms with Gasteiger partial charge in [-0.15, -0.1) is 0 Å². The van der Waals surface area contributed by atoms with E-state index in [4.69, 9.17) is 5.73 Å². The molecule has 2 aromatic rings. The minimum absolute atomic E-state index is 0.153. The van der Waals surface area contributed by atoms with E-state index >= 15 is 0 Å². The Kier molecular flexibility index (Phi) is 6.71. The first-order valence-corrected chi connectivity index (χ1v) is 10.1. The summed E-state index contributed by atoms with van der Waals surface area (Å²) in [6, 6.07) is 10.7. The highest BCUT2D eigenvalue weighted by Gasteiger charge is 2.27. The van der Waals surface area contributed by atoms with Gasteiger partial charge in [-0.25, -0.2) is 8.42 Å². The quantitative estimate of drug-likeness (QED) is 0.300. The van der Waals surface area contributed by atoms with Gasteiger partial charge >= 0.3 is 0 Å². The van der Waals surface area contributed by atoms with Crippen molar-refractivity contribution in [1.29, 1.82) is 0 Å². The summed E-state index contributed by atoms with van der Waals surface area (Å²) in [7, 11) is -3.93. The number of nitrogen functional groups attached to an aromatic ring is 1. The van der Waals surface area contributed by atoms with Crippen LogP contribution in [0.2, 0.25) is 0 Å².